The van der Waals surface area contributed by atoms with Gasteiger partial charge in [-0.05, 0) is 49.7 Å². The first-order chi connectivity index (χ1) is 10.1. The van der Waals surface area contributed by atoms with Gasteiger partial charge >= 0.3 is 12.4 Å². The molecule has 2 nitrogen and oxygen atoms in total. The molecule has 0 radical (unpaired) electrons. The van der Waals surface area contributed by atoms with Crippen molar-refractivity contribution in [1.82, 2.24) is 4.90 Å². The minimum Gasteiger partial charge on any atom is -0.328 e. The van der Waals surface area contributed by atoms with Crippen LogP contribution in [0.25, 0.3) is 0 Å². The molecule has 124 valence electrons. The van der Waals surface area contributed by atoms with E-state index >= 15 is 0 Å². The zero-order chi connectivity index (χ0) is 16.5. The van der Waals surface area contributed by atoms with Crippen LogP contribution < -0.4 is 5.73 Å². The summed E-state index contributed by atoms with van der Waals surface area (Å²) < 4.78 is 76.6. The fourth-order valence-electron chi connectivity index (χ4n) is 2.48. The van der Waals surface area contributed by atoms with Crippen molar-refractivity contribution in [3.05, 3.63) is 34.9 Å². The van der Waals surface area contributed by atoms with Gasteiger partial charge in [-0.1, -0.05) is 0 Å². The monoisotopic (exact) mass is 326 g/mol. The molecule has 8 heteroatoms. The van der Waals surface area contributed by atoms with E-state index in [1.165, 1.54) is 0 Å². The summed E-state index contributed by atoms with van der Waals surface area (Å²) in [4.78, 5) is 1.82. The van der Waals surface area contributed by atoms with E-state index in [0.717, 1.165) is 12.1 Å². The minimum atomic E-state index is -4.81. The molecule has 1 aromatic rings. The number of likely N-dealkylation sites (tertiary alicyclic amines) is 1. The lowest BCUT2D eigenvalue weighted by Gasteiger charge is -2.30. The Hall–Kier alpha value is -1.28. The molecule has 1 aromatic carbocycles. The molecule has 0 atom stereocenters. The van der Waals surface area contributed by atoms with Gasteiger partial charge in [0.25, 0.3) is 0 Å². The predicted octanol–water partition coefficient (Wildman–Crippen LogP) is 3.65. The number of rotatable bonds is 2. The highest BCUT2D eigenvalue weighted by Gasteiger charge is 2.37. The molecule has 0 aliphatic carbocycles. The van der Waals surface area contributed by atoms with E-state index in [-0.39, 0.29) is 24.2 Å². The molecule has 0 aromatic heterocycles. The van der Waals surface area contributed by atoms with Gasteiger partial charge in [-0.25, -0.2) is 0 Å². The summed E-state index contributed by atoms with van der Waals surface area (Å²) >= 11 is 0. The van der Waals surface area contributed by atoms with Gasteiger partial charge in [0.1, 0.15) is 0 Å². The fraction of sp³-hybridized carbons (Fsp3) is 0.571. The van der Waals surface area contributed by atoms with Crippen LogP contribution in [0.4, 0.5) is 26.3 Å². The van der Waals surface area contributed by atoms with Crippen molar-refractivity contribution in [2.24, 2.45) is 5.73 Å². The van der Waals surface area contributed by atoms with Crippen molar-refractivity contribution in [1.29, 1.82) is 0 Å². The van der Waals surface area contributed by atoms with Crippen molar-refractivity contribution in [2.45, 2.75) is 37.8 Å². The van der Waals surface area contributed by atoms with Crippen molar-refractivity contribution < 1.29 is 26.3 Å². The van der Waals surface area contributed by atoms with Gasteiger partial charge in [0, 0.05) is 12.6 Å². The standard InChI is InChI=1S/C14H16F6N2/c15-13(16,17)10-5-9(6-11(7-10)14(18,19)20)8-22-3-1-12(21)2-4-22/h5-7,12H,1-4,8,21H2. The Bertz CT molecular complexity index is 483. The Kier molecular flexibility index (Phi) is 4.72. The Morgan fingerprint density at radius 1 is 0.909 bits per heavy atom. The van der Waals surface area contributed by atoms with Crippen LogP contribution in [0.2, 0.25) is 0 Å². The number of piperidine rings is 1. The Morgan fingerprint density at radius 2 is 1.36 bits per heavy atom. The first-order valence-electron chi connectivity index (χ1n) is 6.82. The molecule has 0 saturated carbocycles. The van der Waals surface area contributed by atoms with Gasteiger partial charge in [0.05, 0.1) is 11.1 Å². The van der Waals surface area contributed by atoms with E-state index in [9.17, 15) is 26.3 Å². The number of alkyl halides is 6. The van der Waals surface area contributed by atoms with E-state index < -0.39 is 23.5 Å². The largest absolute Gasteiger partial charge is 0.416 e. The number of nitrogens with two attached hydrogens (primary N) is 1. The second-order valence-corrected chi connectivity index (χ2v) is 5.53. The molecule has 2 N–H and O–H groups in total. The Balaban J connectivity index is 2.26. The lowest BCUT2D eigenvalue weighted by atomic mass is 10.0. The third kappa shape index (κ3) is 4.36. The maximum atomic E-state index is 12.8. The van der Waals surface area contributed by atoms with Crippen molar-refractivity contribution in [3.8, 4) is 0 Å². The number of nitrogens with zero attached hydrogens (tertiary/aromatic N) is 1. The summed E-state index contributed by atoms with van der Waals surface area (Å²) in [6, 6.07) is 1.76. The minimum absolute atomic E-state index is 0.0117. The first-order valence-corrected chi connectivity index (χ1v) is 6.82. The van der Waals surface area contributed by atoms with Crippen LogP contribution in [0.1, 0.15) is 29.5 Å². The summed E-state index contributed by atoms with van der Waals surface area (Å²) in [6.45, 7) is 1.19. The predicted molar refractivity (Wildman–Crippen MR) is 68.9 cm³/mol. The Labute approximate surface area is 123 Å². The lowest BCUT2D eigenvalue weighted by Crippen LogP contribution is -2.39. The number of hydrogen-bond donors (Lipinski definition) is 1. The zero-order valence-corrected chi connectivity index (χ0v) is 11.6. The van der Waals surface area contributed by atoms with Crippen LogP contribution in [0.3, 0.4) is 0 Å². The highest BCUT2D eigenvalue weighted by atomic mass is 19.4. The third-order valence-electron chi connectivity index (χ3n) is 3.69. The second-order valence-electron chi connectivity index (χ2n) is 5.53. The molecule has 2 rings (SSSR count). The summed E-state index contributed by atoms with van der Waals surface area (Å²) in [5, 5.41) is 0. The average molecular weight is 326 g/mol. The van der Waals surface area contributed by atoms with Crippen molar-refractivity contribution in [3.63, 3.8) is 0 Å². The number of benzene rings is 1. The van der Waals surface area contributed by atoms with E-state index in [0.29, 0.717) is 25.9 Å². The first kappa shape index (κ1) is 17.1. The smallest absolute Gasteiger partial charge is 0.328 e. The van der Waals surface area contributed by atoms with E-state index in [2.05, 4.69) is 0 Å². The third-order valence-corrected chi connectivity index (χ3v) is 3.69. The normalized spacial score (nSPS) is 18.7. The number of hydrogen-bond acceptors (Lipinski definition) is 2. The fourth-order valence-corrected chi connectivity index (χ4v) is 2.48. The van der Waals surface area contributed by atoms with Gasteiger partial charge in [0.2, 0.25) is 0 Å². The highest BCUT2D eigenvalue weighted by molar-refractivity contribution is 5.33. The molecule has 0 unspecified atom stereocenters. The van der Waals surface area contributed by atoms with Crippen LogP contribution in [-0.4, -0.2) is 24.0 Å². The summed E-state index contributed by atoms with van der Waals surface area (Å²) in [7, 11) is 0. The van der Waals surface area contributed by atoms with Gasteiger partial charge < -0.3 is 5.73 Å². The summed E-state index contributed by atoms with van der Waals surface area (Å²) in [5.41, 5.74) is 3.20. The molecule has 1 saturated heterocycles. The van der Waals surface area contributed by atoms with Crippen molar-refractivity contribution >= 4 is 0 Å². The number of halogens is 6. The molecule has 1 aliphatic heterocycles. The van der Waals surface area contributed by atoms with Crippen LogP contribution in [0.15, 0.2) is 18.2 Å². The van der Waals surface area contributed by atoms with Crippen LogP contribution >= 0.6 is 0 Å². The molecular weight excluding hydrogens is 310 g/mol. The zero-order valence-electron chi connectivity index (χ0n) is 11.6. The second kappa shape index (κ2) is 6.08. The average Bonchev–Trinajstić information content (AvgIpc) is 2.39. The van der Waals surface area contributed by atoms with Crippen LogP contribution in [0.5, 0.6) is 0 Å². The molecule has 0 amide bonds. The molecule has 1 heterocycles. The van der Waals surface area contributed by atoms with Gasteiger partial charge in [-0.15, -0.1) is 0 Å². The SMILES string of the molecule is NC1CCN(Cc2cc(C(F)(F)F)cc(C(F)(F)F)c2)CC1. The van der Waals surface area contributed by atoms with E-state index in [1.54, 1.807) is 0 Å². The molecular formula is C14H16F6N2. The molecule has 22 heavy (non-hydrogen) atoms. The topological polar surface area (TPSA) is 29.3 Å². The summed E-state index contributed by atoms with van der Waals surface area (Å²) in [6.07, 6.45) is -8.24. The highest BCUT2D eigenvalue weighted by Crippen LogP contribution is 2.36. The maximum Gasteiger partial charge on any atom is 0.416 e. The summed E-state index contributed by atoms with van der Waals surface area (Å²) in [5.74, 6) is 0. The molecule has 0 spiro atoms. The van der Waals surface area contributed by atoms with E-state index in [4.69, 9.17) is 5.73 Å². The quantitative estimate of drug-likeness (QED) is 0.841. The molecule has 1 fully saturated rings. The molecule has 0 bridgehead atoms. The Morgan fingerprint density at radius 3 is 1.77 bits per heavy atom. The van der Waals surface area contributed by atoms with Gasteiger partial charge in [-0.3, -0.25) is 4.90 Å². The lowest BCUT2D eigenvalue weighted by molar-refractivity contribution is -0.143. The van der Waals surface area contributed by atoms with E-state index in [1.807, 2.05) is 4.90 Å². The van der Waals surface area contributed by atoms with Crippen LogP contribution in [-0.2, 0) is 18.9 Å². The van der Waals surface area contributed by atoms with Crippen molar-refractivity contribution in [2.75, 3.05) is 13.1 Å². The molecule has 1 aliphatic rings. The van der Waals surface area contributed by atoms with Crippen LogP contribution in [0, 0.1) is 0 Å². The van der Waals surface area contributed by atoms with Gasteiger partial charge in [-0.2, -0.15) is 26.3 Å². The van der Waals surface area contributed by atoms with Gasteiger partial charge in [0.15, 0.2) is 0 Å². The maximum absolute atomic E-state index is 12.8.